The first-order valence-corrected chi connectivity index (χ1v) is 9.40. The van der Waals surface area contributed by atoms with Crippen LogP contribution < -0.4 is 9.64 Å². The van der Waals surface area contributed by atoms with Crippen LogP contribution in [0.4, 0.5) is 10.6 Å². The van der Waals surface area contributed by atoms with E-state index in [2.05, 4.69) is 16.8 Å². The number of amides is 1. The first kappa shape index (κ1) is 18.3. The first-order chi connectivity index (χ1) is 12.6. The van der Waals surface area contributed by atoms with E-state index in [-0.39, 0.29) is 12.1 Å². The maximum Gasteiger partial charge on any atom is 0.328 e. The lowest BCUT2D eigenvalue weighted by Gasteiger charge is -2.39. The summed E-state index contributed by atoms with van der Waals surface area (Å²) in [6.07, 6.45) is 7.39. The number of ether oxygens (including phenoxy) is 1. The maximum absolute atomic E-state index is 12.5. The minimum atomic E-state index is 0.0539. The minimum absolute atomic E-state index is 0.0539. The summed E-state index contributed by atoms with van der Waals surface area (Å²) in [4.78, 5) is 21.3. The van der Waals surface area contributed by atoms with Gasteiger partial charge in [0.25, 0.3) is 0 Å². The Bertz CT molecular complexity index is 706. The number of likely N-dealkylation sites (tertiary alicyclic amines) is 1. The highest BCUT2D eigenvalue weighted by molar-refractivity contribution is 5.77. The van der Waals surface area contributed by atoms with Gasteiger partial charge >= 0.3 is 6.03 Å². The molecule has 0 unspecified atom stereocenters. The quantitative estimate of drug-likeness (QED) is 0.821. The highest BCUT2D eigenvalue weighted by Crippen LogP contribution is 2.30. The van der Waals surface area contributed by atoms with Crippen LogP contribution in [-0.4, -0.2) is 52.3 Å². The topological polar surface area (TPSA) is 50.6 Å². The number of rotatable bonds is 5. The van der Waals surface area contributed by atoms with E-state index in [1.807, 2.05) is 49.2 Å². The van der Waals surface area contributed by atoms with Crippen molar-refractivity contribution in [2.24, 2.45) is 0 Å². The van der Waals surface area contributed by atoms with Crippen LogP contribution in [0.5, 0.6) is 5.75 Å². The molecule has 3 rings (SSSR count). The number of anilines is 1. The summed E-state index contributed by atoms with van der Waals surface area (Å²) in [5.74, 6) is 1.73. The standard InChI is InChI=1S/C20H28N4O2/c1-4-24(19-18(26-16(2)3)8-7-11-21-19)17-9-14-23(15-10-17)20(25)22-12-5-6-13-22/h5-8,11-13,16-17H,4,9-10,14-15H2,1-3H3. The summed E-state index contributed by atoms with van der Waals surface area (Å²) < 4.78 is 7.60. The fraction of sp³-hybridized carbons (Fsp3) is 0.500. The number of piperidine rings is 1. The Kier molecular flexibility index (Phi) is 5.81. The van der Waals surface area contributed by atoms with Crippen molar-refractivity contribution >= 4 is 11.8 Å². The highest BCUT2D eigenvalue weighted by Gasteiger charge is 2.28. The van der Waals surface area contributed by atoms with Gasteiger partial charge in [0, 0.05) is 44.3 Å². The molecule has 6 heteroatoms. The fourth-order valence-corrected chi connectivity index (χ4v) is 3.52. The van der Waals surface area contributed by atoms with Crippen molar-refractivity contribution in [2.45, 2.75) is 45.8 Å². The molecule has 0 saturated carbocycles. The van der Waals surface area contributed by atoms with Gasteiger partial charge in [0.1, 0.15) is 0 Å². The van der Waals surface area contributed by atoms with Crippen molar-refractivity contribution in [3.63, 3.8) is 0 Å². The third-order valence-corrected chi connectivity index (χ3v) is 4.73. The average Bonchev–Trinajstić information content (AvgIpc) is 3.18. The van der Waals surface area contributed by atoms with Crippen LogP contribution in [0.2, 0.25) is 0 Å². The Labute approximate surface area is 155 Å². The smallest absolute Gasteiger partial charge is 0.328 e. The van der Waals surface area contributed by atoms with E-state index in [4.69, 9.17) is 4.74 Å². The Hall–Kier alpha value is -2.50. The zero-order valence-electron chi connectivity index (χ0n) is 15.8. The number of nitrogens with zero attached hydrogens (tertiary/aromatic N) is 4. The van der Waals surface area contributed by atoms with Gasteiger partial charge < -0.3 is 14.5 Å². The van der Waals surface area contributed by atoms with Gasteiger partial charge in [0.2, 0.25) is 0 Å². The van der Waals surface area contributed by atoms with Crippen LogP contribution in [0.1, 0.15) is 33.6 Å². The molecule has 6 nitrogen and oxygen atoms in total. The molecular formula is C20H28N4O2. The second-order valence-electron chi connectivity index (χ2n) is 6.87. The first-order valence-electron chi connectivity index (χ1n) is 9.40. The van der Waals surface area contributed by atoms with Crippen LogP contribution in [0, 0.1) is 0 Å². The third kappa shape index (κ3) is 4.00. The second kappa shape index (κ2) is 8.25. The van der Waals surface area contributed by atoms with E-state index in [0.717, 1.165) is 44.0 Å². The zero-order chi connectivity index (χ0) is 18.5. The van der Waals surface area contributed by atoms with E-state index in [1.165, 1.54) is 0 Å². The lowest BCUT2D eigenvalue weighted by atomic mass is 10.0. The molecule has 2 aromatic rings. The largest absolute Gasteiger partial charge is 0.487 e. The van der Waals surface area contributed by atoms with E-state index in [9.17, 15) is 4.79 Å². The predicted octanol–water partition coefficient (Wildman–Crippen LogP) is 3.63. The number of carbonyl (C=O) groups is 1. The van der Waals surface area contributed by atoms with Crippen LogP contribution in [-0.2, 0) is 0 Å². The molecule has 0 bridgehead atoms. The summed E-state index contributed by atoms with van der Waals surface area (Å²) in [7, 11) is 0. The SMILES string of the molecule is CCN(c1ncccc1OC(C)C)C1CCN(C(=O)n2cccc2)CC1. The van der Waals surface area contributed by atoms with Gasteiger partial charge in [-0.3, -0.25) is 4.57 Å². The van der Waals surface area contributed by atoms with Gasteiger partial charge in [-0.1, -0.05) is 0 Å². The van der Waals surface area contributed by atoms with Gasteiger partial charge in [-0.15, -0.1) is 0 Å². The number of hydrogen-bond donors (Lipinski definition) is 0. The molecule has 1 fully saturated rings. The predicted molar refractivity (Wildman–Crippen MR) is 103 cm³/mol. The average molecular weight is 356 g/mol. The highest BCUT2D eigenvalue weighted by atomic mass is 16.5. The summed E-state index contributed by atoms with van der Waals surface area (Å²) in [5, 5.41) is 0. The Morgan fingerprint density at radius 3 is 2.58 bits per heavy atom. The van der Waals surface area contributed by atoms with Crippen molar-refractivity contribution in [1.82, 2.24) is 14.5 Å². The molecule has 1 saturated heterocycles. The summed E-state index contributed by atoms with van der Waals surface area (Å²) in [6, 6.07) is 8.06. The molecule has 1 aliphatic rings. The molecule has 140 valence electrons. The minimum Gasteiger partial charge on any atom is -0.487 e. The molecule has 2 aromatic heterocycles. The van der Waals surface area contributed by atoms with Crippen LogP contribution >= 0.6 is 0 Å². The molecular weight excluding hydrogens is 328 g/mol. The van der Waals surface area contributed by atoms with E-state index < -0.39 is 0 Å². The molecule has 1 amide bonds. The van der Waals surface area contributed by atoms with Crippen molar-refractivity contribution < 1.29 is 9.53 Å². The summed E-state index contributed by atoms with van der Waals surface area (Å²) >= 11 is 0. The number of aromatic nitrogens is 2. The van der Waals surface area contributed by atoms with Gasteiger partial charge in [0.15, 0.2) is 11.6 Å². The number of carbonyl (C=O) groups excluding carboxylic acids is 1. The van der Waals surface area contributed by atoms with Crippen LogP contribution in [0.25, 0.3) is 0 Å². The summed E-state index contributed by atoms with van der Waals surface area (Å²) in [5.41, 5.74) is 0. The lowest BCUT2D eigenvalue weighted by Crippen LogP contribution is -2.48. The Morgan fingerprint density at radius 2 is 1.96 bits per heavy atom. The Morgan fingerprint density at radius 1 is 1.27 bits per heavy atom. The van der Waals surface area contributed by atoms with Crippen molar-refractivity contribution in [3.05, 3.63) is 42.9 Å². The monoisotopic (exact) mass is 356 g/mol. The van der Waals surface area contributed by atoms with E-state index in [0.29, 0.717) is 6.04 Å². The van der Waals surface area contributed by atoms with Crippen LogP contribution in [0.3, 0.4) is 0 Å². The number of hydrogen-bond acceptors (Lipinski definition) is 4. The van der Waals surface area contributed by atoms with Crippen molar-refractivity contribution in [1.29, 1.82) is 0 Å². The van der Waals surface area contributed by atoms with E-state index in [1.54, 1.807) is 17.0 Å². The van der Waals surface area contributed by atoms with E-state index >= 15 is 0 Å². The molecule has 3 heterocycles. The molecule has 26 heavy (non-hydrogen) atoms. The third-order valence-electron chi connectivity index (χ3n) is 4.73. The molecule has 0 spiro atoms. The molecule has 0 N–H and O–H groups in total. The lowest BCUT2D eigenvalue weighted by molar-refractivity contribution is 0.181. The molecule has 0 radical (unpaired) electrons. The molecule has 0 atom stereocenters. The second-order valence-corrected chi connectivity index (χ2v) is 6.87. The van der Waals surface area contributed by atoms with Gasteiger partial charge in [0.05, 0.1) is 6.10 Å². The van der Waals surface area contributed by atoms with Gasteiger partial charge in [-0.25, -0.2) is 9.78 Å². The zero-order valence-corrected chi connectivity index (χ0v) is 15.8. The van der Waals surface area contributed by atoms with Gasteiger partial charge in [-0.05, 0) is 57.9 Å². The number of pyridine rings is 1. The van der Waals surface area contributed by atoms with Crippen LogP contribution in [0.15, 0.2) is 42.9 Å². The molecule has 0 aromatic carbocycles. The molecule has 1 aliphatic heterocycles. The fourth-order valence-electron chi connectivity index (χ4n) is 3.52. The van der Waals surface area contributed by atoms with Crippen molar-refractivity contribution in [2.75, 3.05) is 24.5 Å². The molecule has 0 aliphatic carbocycles. The summed E-state index contributed by atoms with van der Waals surface area (Å²) in [6.45, 7) is 8.57. The Balaban J connectivity index is 1.68. The van der Waals surface area contributed by atoms with Crippen molar-refractivity contribution in [3.8, 4) is 5.75 Å². The van der Waals surface area contributed by atoms with Gasteiger partial charge in [-0.2, -0.15) is 0 Å². The normalized spacial score (nSPS) is 15.3. The maximum atomic E-state index is 12.5.